The van der Waals surface area contributed by atoms with Crippen LogP contribution in [0.25, 0.3) is 0 Å². The molecule has 1 aromatic rings. The fraction of sp³-hybridized carbons (Fsp3) is 0.611. The highest BCUT2D eigenvalue weighted by Crippen LogP contribution is 2.20. The average molecular weight is 288 g/mol. The largest absolute Gasteiger partial charge is 0.351 e. The van der Waals surface area contributed by atoms with Gasteiger partial charge in [0, 0.05) is 31.7 Å². The van der Waals surface area contributed by atoms with Gasteiger partial charge in [0.1, 0.15) is 0 Å². The van der Waals surface area contributed by atoms with Gasteiger partial charge in [-0.3, -0.25) is 4.79 Å². The van der Waals surface area contributed by atoms with Crippen LogP contribution in [0.1, 0.15) is 41.8 Å². The number of nitrogens with zero attached hydrogens (tertiary/aromatic N) is 1. The van der Waals surface area contributed by atoms with Crippen LogP contribution in [0.5, 0.6) is 0 Å². The number of piperidine rings is 1. The molecule has 1 aliphatic rings. The second-order valence-electron chi connectivity index (χ2n) is 6.78. The zero-order valence-electron chi connectivity index (χ0n) is 13.8. The lowest BCUT2D eigenvalue weighted by atomic mass is 9.92. The Bertz CT molecular complexity index is 488. The summed E-state index contributed by atoms with van der Waals surface area (Å²) in [6.07, 6.45) is 1.32. The first-order chi connectivity index (χ1) is 9.95. The van der Waals surface area contributed by atoms with Crippen molar-refractivity contribution in [3.63, 3.8) is 0 Å². The van der Waals surface area contributed by atoms with Gasteiger partial charge in [-0.15, -0.1) is 0 Å². The topological polar surface area (TPSA) is 32.3 Å². The van der Waals surface area contributed by atoms with Gasteiger partial charge in [0.15, 0.2) is 0 Å². The molecule has 3 heteroatoms. The van der Waals surface area contributed by atoms with Gasteiger partial charge in [0.25, 0.3) is 5.91 Å². The van der Waals surface area contributed by atoms with E-state index in [0.29, 0.717) is 0 Å². The fourth-order valence-electron chi connectivity index (χ4n) is 3.38. The fourth-order valence-corrected chi connectivity index (χ4v) is 3.38. The molecule has 1 aromatic carbocycles. The molecule has 0 saturated carbocycles. The van der Waals surface area contributed by atoms with Crippen LogP contribution in [0, 0.1) is 25.7 Å². The number of carbonyl (C=O) groups is 1. The summed E-state index contributed by atoms with van der Waals surface area (Å²) >= 11 is 0. The molecule has 116 valence electrons. The number of hydrogen-bond acceptors (Lipinski definition) is 2. The lowest BCUT2D eigenvalue weighted by Gasteiger charge is -2.34. The summed E-state index contributed by atoms with van der Waals surface area (Å²) in [5, 5.41) is 3.06. The molecule has 3 nitrogen and oxygen atoms in total. The standard InChI is InChI=1S/C18H28N2O/c1-13-5-6-16(4)17(10-13)18(21)19-7-8-20-11-14(2)9-15(3)12-20/h5-6,10,14-15H,7-9,11-12H2,1-4H3,(H,19,21)/t14-,15+. The number of benzene rings is 1. The molecule has 0 bridgehead atoms. The molecule has 0 aromatic heterocycles. The van der Waals surface area contributed by atoms with E-state index in [2.05, 4.69) is 24.1 Å². The predicted molar refractivity (Wildman–Crippen MR) is 87.6 cm³/mol. The van der Waals surface area contributed by atoms with Gasteiger partial charge in [0.2, 0.25) is 0 Å². The van der Waals surface area contributed by atoms with E-state index in [1.807, 2.05) is 32.0 Å². The van der Waals surface area contributed by atoms with Crippen LogP contribution in [0.2, 0.25) is 0 Å². The molecular formula is C18H28N2O. The second-order valence-corrected chi connectivity index (χ2v) is 6.78. The van der Waals surface area contributed by atoms with E-state index in [1.54, 1.807) is 0 Å². The number of nitrogens with one attached hydrogen (secondary N) is 1. The van der Waals surface area contributed by atoms with E-state index >= 15 is 0 Å². The van der Waals surface area contributed by atoms with Crippen LogP contribution in [-0.4, -0.2) is 37.0 Å². The van der Waals surface area contributed by atoms with E-state index in [1.165, 1.54) is 6.42 Å². The average Bonchev–Trinajstić information content (AvgIpc) is 2.40. The van der Waals surface area contributed by atoms with Gasteiger partial charge in [-0.25, -0.2) is 0 Å². The lowest BCUT2D eigenvalue weighted by molar-refractivity contribution is 0.0936. The van der Waals surface area contributed by atoms with E-state index in [0.717, 1.165) is 54.7 Å². The molecule has 1 amide bonds. The zero-order chi connectivity index (χ0) is 15.4. The first kappa shape index (κ1) is 16.0. The Kier molecular flexibility index (Phi) is 5.40. The van der Waals surface area contributed by atoms with Crippen molar-refractivity contribution in [2.75, 3.05) is 26.2 Å². The lowest BCUT2D eigenvalue weighted by Crippen LogP contribution is -2.42. The van der Waals surface area contributed by atoms with Gasteiger partial charge in [0.05, 0.1) is 0 Å². The molecule has 0 unspecified atom stereocenters. The van der Waals surface area contributed by atoms with Gasteiger partial charge in [-0.1, -0.05) is 31.5 Å². The first-order valence-electron chi connectivity index (χ1n) is 8.03. The molecule has 1 fully saturated rings. The van der Waals surface area contributed by atoms with E-state index in [9.17, 15) is 4.79 Å². The predicted octanol–water partition coefficient (Wildman–Crippen LogP) is 3.01. The van der Waals surface area contributed by atoms with Gasteiger partial charge in [-0.05, 0) is 43.7 Å². The van der Waals surface area contributed by atoms with Crippen molar-refractivity contribution in [1.29, 1.82) is 0 Å². The number of likely N-dealkylation sites (tertiary alicyclic amines) is 1. The second kappa shape index (κ2) is 7.08. The SMILES string of the molecule is Cc1ccc(C)c(C(=O)NCCN2C[C@H](C)C[C@H](C)C2)c1. The molecule has 0 radical (unpaired) electrons. The maximum absolute atomic E-state index is 12.3. The van der Waals surface area contributed by atoms with Crippen molar-refractivity contribution < 1.29 is 4.79 Å². The van der Waals surface area contributed by atoms with Crippen LogP contribution >= 0.6 is 0 Å². The minimum absolute atomic E-state index is 0.0503. The molecular weight excluding hydrogens is 260 g/mol. The maximum atomic E-state index is 12.3. The quantitative estimate of drug-likeness (QED) is 0.923. The molecule has 1 aliphatic heterocycles. The molecule has 1 saturated heterocycles. The number of hydrogen-bond donors (Lipinski definition) is 1. The summed E-state index contributed by atoms with van der Waals surface area (Å²) in [4.78, 5) is 14.7. The van der Waals surface area contributed by atoms with Crippen molar-refractivity contribution in [2.45, 2.75) is 34.1 Å². The highest BCUT2D eigenvalue weighted by Gasteiger charge is 2.21. The smallest absolute Gasteiger partial charge is 0.251 e. The van der Waals surface area contributed by atoms with Crippen LogP contribution < -0.4 is 5.32 Å². The van der Waals surface area contributed by atoms with Crippen LogP contribution in [0.4, 0.5) is 0 Å². The Hall–Kier alpha value is -1.35. The van der Waals surface area contributed by atoms with Crippen molar-refractivity contribution in [2.24, 2.45) is 11.8 Å². The van der Waals surface area contributed by atoms with E-state index < -0.39 is 0 Å². The molecule has 0 spiro atoms. The molecule has 1 N–H and O–H groups in total. The minimum atomic E-state index is 0.0503. The highest BCUT2D eigenvalue weighted by molar-refractivity contribution is 5.95. The molecule has 21 heavy (non-hydrogen) atoms. The third kappa shape index (κ3) is 4.57. The van der Waals surface area contributed by atoms with Crippen molar-refractivity contribution >= 4 is 5.91 Å². The van der Waals surface area contributed by atoms with Crippen LogP contribution in [-0.2, 0) is 0 Å². The third-order valence-corrected chi connectivity index (χ3v) is 4.30. The molecule has 0 aliphatic carbocycles. The number of amides is 1. The Morgan fingerprint density at radius 2 is 1.90 bits per heavy atom. The summed E-state index contributed by atoms with van der Waals surface area (Å²) < 4.78 is 0. The summed E-state index contributed by atoms with van der Waals surface area (Å²) in [5.74, 6) is 1.58. The van der Waals surface area contributed by atoms with Gasteiger partial charge >= 0.3 is 0 Å². The number of rotatable bonds is 4. The van der Waals surface area contributed by atoms with Crippen LogP contribution in [0.15, 0.2) is 18.2 Å². The first-order valence-corrected chi connectivity index (χ1v) is 8.03. The molecule has 2 atom stereocenters. The Morgan fingerprint density at radius 3 is 2.57 bits per heavy atom. The summed E-state index contributed by atoms with van der Waals surface area (Å²) in [7, 11) is 0. The van der Waals surface area contributed by atoms with Gasteiger partial charge in [-0.2, -0.15) is 0 Å². The van der Waals surface area contributed by atoms with Gasteiger partial charge < -0.3 is 10.2 Å². The van der Waals surface area contributed by atoms with E-state index in [-0.39, 0.29) is 5.91 Å². The Morgan fingerprint density at radius 1 is 1.24 bits per heavy atom. The third-order valence-electron chi connectivity index (χ3n) is 4.30. The van der Waals surface area contributed by atoms with Crippen molar-refractivity contribution in [1.82, 2.24) is 10.2 Å². The zero-order valence-corrected chi connectivity index (χ0v) is 13.8. The Labute approximate surface area is 128 Å². The molecule has 2 rings (SSSR count). The summed E-state index contributed by atoms with van der Waals surface area (Å²) in [6.45, 7) is 12.6. The summed E-state index contributed by atoms with van der Waals surface area (Å²) in [6, 6.07) is 6.02. The van der Waals surface area contributed by atoms with Crippen LogP contribution in [0.3, 0.4) is 0 Å². The van der Waals surface area contributed by atoms with Crippen molar-refractivity contribution in [3.05, 3.63) is 34.9 Å². The number of carbonyl (C=O) groups excluding carboxylic acids is 1. The van der Waals surface area contributed by atoms with E-state index in [4.69, 9.17) is 0 Å². The monoisotopic (exact) mass is 288 g/mol. The maximum Gasteiger partial charge on any atom is 0.251 e. The Balaban J connectivity index is 1.83. The highest BCUT2D eigenvalue weighted by atomic mass is 16.1. The normalized spacial score (nSPS) is 23.0. The molecule has 1 heterocycles. The summed E-state index contributed by atoms with van der Waals surface area (Å²) in [5.41, 5.74) is 2.97. The minimum Gasteiger partial charge on any atom is -0.351 e. The number of aryl methyl sites for hydroxylation is 2. The van der Waals surface area contributed by atoms with Crippen molar-refractivity contribution in [3.8, 4) is 0 Å².